The highest BCUT2D eigenvalue weighted by Crippen LogP contribution is 2.50. The molecule has 28 heavy (non-hydrogen) atoms. The number of phenols is 1. The fourth-order valence-corrected chi connectivity index (χ4v) is 4.42. The van der Waals surface area contributed by atoms with Gasteiger partial charge >= 0.3 is 5.97 Å². The molecular formula is C19H24N2O7. The van der Waals surface area contributed by atoms with Gasteiger partial charge in [-0.3, -0.25) is 25.0 Å². The molecule has 1 aromatic rings. The quantitative estimate of drug-likeness (QED) is 0.523. The Bertz CT molecular complexity index is 813. The van der Waals surface area contributed by atoms with E-state index >= 15 is 0 Å². The van der Waals surface area contributed by atoms with Gasteiger partial charge in [0, 0.05) is 6.04 Å². The highest BCUT2D eigenvalue weighted by Gasteiger charge is 2.66. The minimum atomic E-state index is -1.59. The van der Waals surface area contributed by atoms with E-state index in [1.165, 1.54) is 26.4 Å². The molecule has 0 aromatic heterocycles. The lowest BCUT2D eigenvalue weighted by molar-refractivity contribution is -0.150. The van der Waals surface area contributed by atoms with Gasteiger partial charge in [0.1, 0.15) is 5.54 Å². The van der Waals surface area contributed by atoms with Gasteiger partial charge in [-0.25, -0.2) is 0 Å². The summed E-state index contributed by atoms with van der Waals surface area (Å²) in [5.74, 6) is -4.24. The molecule has 0 bridgehead atoms. The molecule has 2 heterocycles. The zero-order chi connectivity index (χ0) is 20.8. The number of hydrogen-bond acceptors (Lipinski definition) is 7. The van der Waals surface area contributed by atoms with E-state index in [0.717, 1.165) is 0 Å². The van der Waals surface area contributed by atoms with Crippen molar-refractivity contribution in [2.24, 2.45) is 17.8 Å². The van der Waals surface area contributed by atoms with Gasteiger partial charge in [-0.15, -0.1) is 0 Å². The second kappa shape index (κ2) is 6.97. The standard InChI is InChI=1S/C19H24N2O7/c1-8(2)7-19(18(25)26)13-12(16(23)20-17(13)24)14(21-19)9-5-10(27-3)15(22)11(6-9)28-4/h5-6,8,12-14,21-22H,7H2,1-4H3,(H,25,26)(H,20,23,24). The Hall–Kier alpha value is -2.81. The van der Waals surface area contributed by atoms with E-state index in [0.29, 0.717) is 5.56 Å². The van der Waals surface area contributed by atoms with E-state index in [9.17, 15) is 24.6 Å². The van der Waals surface area contributed by atoms with Gasteiger partial charge in [-0.05, 0) is 30.0 Å². The van der Waals surface area contributed by atoms with Crippen LogP contribution in [-0.4, -0.2) is 47.8 Å². The summed E-state index contributed by atoms with van der Waals surface area (Å²) in [5, 5.41) is 25.5. The molecule has 4 unspecified atom stereocenters. The monoisotopic (exact) mass is 392 g/mol. The third kappa shape index (κ3) is 2.86. The van der Waals surface area contributed by atoms with E-state index in [-0.39, 0.29) is 29.6 Å². The summed E-state index contributed by atoms with van der Waals surface area (Å²) in [6.07, 6.45) is 0.174. The number of aliphatic carboxylic acids is 1. The Morgan fingerprint density at radius 3 is 2.21 bits per heavy atom. The molecule has 2 aliphatic heterocycles. The highest BCUT2D eigenvalue weighted by molar-refractivity contribution is 6.09. The zero-order valence-corrected chi connectivity index (χ0v) is 16.1. The molecule has 2 saturated heterocycles. The van der Waals surface area contributed by atoms with Crippen LogP contribution in [0.5, 0.6) is 17.2 Å². The zero-order valence-electron chi connectivity index (χ0n) is 16.1. The van der Waals surface area contributed by atoms with Gasteiger partial charge in [0.25, 0.3) is 0 Å². The van der Waals surface area contributed by atoms with Crippen LogP contribution in [-0.2, 0) is 14.4 Å². The van der Waals surface area contributed by atoms with Crippen molar-refractivity contribution in [3.8, 4) is 17.2 Å². The molecule has 9 heteroatoms. The summed E-state index contributed by atoms with van der Waals surface area (Å²) in [6, 6.07) is 2.25. The second-order valence-electron chi connectivity index (χ2n) is 7.63. The number of amides is 2. The van der Waals surface area contributed by atoms with E-state index in [1.807, 2.05) is 13.8 Å². The first-order valence-electron chi connectivity index (χ1n) is 8.97. The van der Waals surface area contributed by atoms with Gasteiger partial charge in [0.15, 0.2) is 11.5 Å². The summed E-state index contributed by atoms with van der Waals surface area (Å²) in [7, 11) is 2.74. The minimum Gasteiger partial charge on any atom is -0.502 e. The van der Waals surface area contributed by atoms with Gasteiger partial charge in [0.05, 0.1) is 26.1 Å². The normalized spacial score (nSPS) is 29.0. The van der Waals surface area contributed by atoms with Crippen molar-refractivity contribution in [3.05, 3.63) is 17.7 Å². The summed E-state index contributed by atoms with van der Waals surface area (Å²) in [4.78, 5) is 37.4. The van der Waals surface area contributed by atoms with Crippen LogP contribution in [0, 0.1) is 17.8 Å². The smallest absolute Gasteiger partial charge is 0.324 e. The number of nitrogens with one attached hydrogen (secondary N) is 2. The summed E-state index contributed by atoms with van der Waals surface area (Å²) in [6.45, 7) is 3.71. The Balaban J connectivity index is 2.16. The van der Waals surface area contributed by atoms with Crippen molar-refractivity contribution in [1.82, 2.24) is 10.6 Å². The molecule has 1 aromatic carbocycles. The average molecular weight is 392 g/mol. The number of methoxy groups -OCH3 is 2. The number of benzene rings is 1. The van der Waals surface area contributed by atoms with Crippen molar-refractivity contribution >= 4 is 17.8 Å². The van der Waals surface area contributed by atoms with Crippen LogP contribution < -0.4 is 20.1 Å². The second-order valence-corrected chi connectivity index (χ2v) is 7.63. The van der Waals surface area contributed by atoms with E-state index in [1.54, 1.807) is 0 Å². The number of rotatable bonds is 6. The van der Waals surface area contributed by atoms with Gasteiger partial charge in [0.2, 0.25) is 17.6 Å². The average Bonchev–Trinajstić information content (AvgIpc) is 3.12. The molecule has 0 radical (unpaired) electrons. The predicted octanol–water partition coefficient (Wildman–Crippen LogP) is 0.812. The van der Waals surface area contributed by atoms with Crippen molar-refractivity contribution in [2.75, 3.05) is 14.2 Å². The molecule has 0 saturated carbocycles. The van der Waals surface area contributed by atoms with Crippen molar-refractivity contribution in [2.45, 2.75) is 31.8 Å². The largest absolute Gasteiger partial charge is 0.502 e. The van der Waals surface area contributed by atoms with E-state index in [4.69, 9.17) is 9.47 Å². The highest BCUT2D eigenvalue weighted by atomic mass is 16.5. The SMILES string of the molecule is COc1cc(C2NC(CC(C)C)(C(=O)O)C3C(=O)NC(=O)C23)cc(OC)c1O. The molecule has 2 amide bonds. The molecule has 2 aliphatic rings. The number of carbonyl (C=O) groups is 3. The number of imide groups is 1. The van der Waals surface area contributed by atoms with Crippen LogP contribution in [0.1, 0.15) is 31.9 Å². The first-order chi connectivity index (χ1) is 13.2. The number of hydrogen-bond donors (Lipinski definition) is 4. The number of carboxylic acids is 1. The summed E-state index contributed by atoms with van der Waals surface area (Å²) in [5.41, 5.74) is -1.10. The lowest BCUT2D eigenvalue weighted by Gasteiger charge is -2.31. The third-order valence-electron chi connectivity index (χ3n) is 5.47. The molecule has 0 aliphatic carbocycles. The van der Waals surface area contributed by atoms with Crippen LogP contribution in [0.15, 0.2) is 12.1 Å². The maximum absolute atomic E-state index is 12.5. The fourth-order valence-electron chi connectivity index (χ4n) is 4.42. The fraction of sp³-hybridized carbons (Fsp3) is 0.526. The Kier molecular flexibility index (Phi) is 4.97. The Morgan fingerprint density at radius 1 is 1.18 bits per heavy atom. The number of carbonyl (C=O) groups excluding carboxylic acids is 2. The van der Waals surface area contributed by atoms with E-state index in [2.05, 4.69) is 10.6 Å². The molecular weight excluding hydrogens is 368 g/mol. The van der Waals surface area contributed by atoms with Crippen molar-refractivity contribution < 1.29 is 34.1 Å². The van der Waals surface area contributed by atoms with E-state index < -0.39 is 41.2 Å². The predicted molar refractivity (Wildman–Crippen MR) is 97.0 cm³/mol. The molecule has 9 nitrogen and oxygen atoms in total. The van der Waals surface area contributed by atoms with Crippen LogP contribution in [0.25, 0.3) is 0 Å². The molecule has 2 fully saturated rings. The lowest BCUT2D eigenvalue weighted by Crippen LogP contribution is -2.56. The van der Waals surface area contributed by atoms with Crippen LogP contribution >= 0.6 is 0 Å². The van der Waals surface area contributed by atoms with Crippen LogP contribution in [0.3, 0.4) is 0 Å². The first kappa shape index (κ1) is 19.9. The number of carboxylic acid groups (broad SMARTS) is 1. The minimum absolute atomic E-state index is 0.0320. The number of ether oxygens (including phenoxy) is 2. The Morgan fingerprint density at radius 2 is 1.75 bits per heavy atom. The van der Waals surface area contributed by atoms with Gasteiger partial charge in [-0.2, -0.15) is 0 Å². The van der Waals surface area contributed by atoms with Crippen LogP contribution in [0.4, 0.5) is 0 Å². The Labute approximate surface area is 162 Å². The van der Waals surface area contributed by atoms with Crippen molar-refractivity contribution in [1.29, 1.82) is 0 Å². The van der Waals surface area contributed by atoms with Gasteiger partial charge in [-0.1, -0.05) is 13.8 Å². The topological polar surface area (TPSA) is 134 Å². The maximum atomic E-state index is 12.5. The molecule has 0 spiro atoms. The number of phenolic OH excluding ortho intramolecular Hbond substituents is 1. The molecule has 4 N–H and O–H groups in total. The molecule has 4 atom stereocenters. The summed E-state index contributed by atoms with van der Waals surface area (Å²) < 4.78 is 10.3. The van der Waals surface area contributed by atoms with Crippen LogP contribution in [0.2, 0.25) is 0 Å². The number of fused-ring (bicyclic) bond motifs is 1. The lowest BCUT2D eigenvalue weighted by atomic mass is 9.75. The maximum Gasteiger partial charge on any atom is 0.324 e. The number of aromatic hydroxyl groups is 1. The van der Waals surface area contributed by atoms with Gasteiger partial charge < -0.3 is 19.7 Å². The molecule has 152 valence electrons. The third-order valence-corrected chi connectivity index (χ3v) is 5.47. The molecule has 3 rings (SSSR count). The van der Waals surface area contributed by atoms with Crippen molar-refractivity contribution in [3.63, 3.8) is 0 Å². The first-order valence-corrected chi connectivity index (χ1v) is 8.97. The summed E-state index contributed by atoms with van der Waals surface area (Å²) >= 11 is 0.